The van der Waals surface area contributed by atoms with E-state index in [-0.39, 0.29) is 5.91 Å². The number of hydrogen-bond acceptors (Lipinski definition) is 1. The van der Waals surface area contributed by atoms with Gasteiger partial charge in [0.2, 0.25) is 5.91 Å². The van der Waals surface area contributed by atoms with Crippen LogP contribution < -0.4 is 10.2 Å². The molecule has 1 aliphatic rings. The van der Waals surface area contributed by atoms with Crippen LogP contribution in [0.3, 0.4) is 0 Å². The van der Waals surface area contributed by atoms with Gasteiger partial charge in [0.1, 0.15) is 0 Å². The van der Waals surface area contributed by atoms with Crippen molar-refractivity contribution in [3.05, 3.63) is 40.9 Å². The van der Waals surface area contributed by atoms with E-state index in [1.54, 1.807) is 17.1 Å². The Kier molecular flexibility index (Phi) is 6.27. The molecule has 2 N–H and O–H groups in total. The molecule has 1 fully saturated rings. The minimum atomic E-state index is -0.0149. The van der Waals surface area contributed by atoms with Crippen molar-refractivity contribution in [3.63, 3.8) is 0 Å². The first-order chi connectivity index (χ1) is 10.2. The molecule has 0 unspecified atom stereocenters. The monoisotopic (exact) mass is 307 g/mol. The van der Waals surface area contributed by atoms with Crippen LogP contribution in [0, 0.1) is 0 Å². The van der Waals surface area contributed by atoms with Crippen LogP contribution in [0.5, 0.6) is 0 Å². The number of carbonyl (C=O) groups excluding carboxylic acids is 1. The highest BCUT2D eigenvalue weighted by Gasteiger charge is 2.21. The van der Waals surface area contributed by atoms with Crippen LogP contribution in [-0.4, -0.2) is 31.6 Å². The topological polar surface area (TPSA) is 33.5 Å². The van der Waals surface area contributed by atoms with E-state index in [1.165, 1.54) is 13.0 Å². The van der Waals surface area contributed by atoms with Gasteiger partial charge in [-0.25, -0.2) is 0 Å². The lowest BCUT2D eigenvalue weighted by Gasteiger charge is -2.29. The lowest BCUT2D eigenvalue weighted by atomic mass is 10.0. The summed E-state index contributed by atoms with van der Waals surface area (Å²) in [5, 5.41) is 3.78. The van der Waals surface area contributed by atoms with Gasteiger partial charge in [-0.1, -0.05) is 30.7 Å². The Morgan fingerprint density at radius 2 is 2.19 bits per heavy atom. The van der Waals surface area contributed by atoms with Gasteiger partial charge in [0.25, 0.3) is 0 Å². The fourth-order valence-electron chi connectivity index (χ4n) is 2.81. The standard InChI is InChI=1S/C17H23ClN2O/c1-2-10-20-11-8-16(9-12-20)19-17(21)7-6-14-4-3-5-15(18)13-14/h3-7,13,16H,2,8-12H2,1H3,(H,19,21)/p+1/b7-6+. The highest BCUT2D eigenvalue weighted by Crippen LogP contribution is 2.11. The van der Waals surface area contributed by atoms with E-state index in [0.29, 0.717) is 11.1 Å². The minimum absolute atomic E-state index is 0.0149. The molecular weight excluding hydrogens is 284 g/mol. The average molecular weight is 308 g/mol. The van der Waals surface area contributed by atoms with Crippen molar-refractivity contribution in [2.24, 2.45) is 0 Å². The van der Waals surface area contributed by atoms with Crippen molar-refractivity contribution in [1.82, 2.24) is 5.32 Å². The SMILES string of the molecule is CCC[NH+]1CCC(NC(=O)/C=C/c2cccc(Cl)c2)CC1. The number of piperidine rings is 1. The highest BCUT2D eigenvalue weighted by atomic mass is 35.5. The second-order valence-electron chi connectivity index (χ2n) is 5.67. The van der Waals surface area contributed by atoms with Crippen LogP contribution >= 0.6 is 11.6 Å². The summed E-state index contributed by atoms with van der Waals surface area (Å²) in [4.78, 5) is 13.6. The van der Waals surface area contributed by atoms with Crippen LogP contribution in [0.4, 0.5) is 0 Å². The van der Waals surface area contributed by atoms with Crippen LogP contribution in [0.25, 0.3) is 6.08 Å². The zero-order chi connectivity index (χ0) is 15.1. The Labute approximate surface area is 132 Å². The molecule has 2 rings (SSSR count). The first-order valence-electron chi connectivity index (χ1n) is 7.75. The molecule has 0 spiro atoms. The quantitative estimate of drug-likeness (QED) is 0.801. The van der Waals surface area contributed by atoms with Gasteiger partial charge < -0.3 is 10.2 Å². The lowest BCUT2D eigenvalue weighted by molar-refractivity contribution is -0.905. The smallest absolute Gasteiger partial charge is 0.244 e. The Balaban J connectivity index is 1.77. The number of hydrogen-bond donors (Lipinski definition) is 2. The first-order valence-corrected chi connectivity index (χ1v) is 8.13. The number of likely N-dealkylation sites (tertiary alicyclic amines) is 1. The molecule has 3 nitrogen and oxygen atoms in total. The fourth-order valence-corrected chi connectivity index (χ4v) is 3.00. The summed E-state index contributed by atoms with van der Waals surface area (Å²) >= 11 is 5.92. The fraction of sp³-hybridized carbons (Fsp3) is 0.471. The molecule has 1 heterocycles. The molecule has 1 aromatic carbocycles. The summed E-state index contributed by atoms with van der Waals surface area (Å²) < 4.78 is 0. The van der Waals surface area contributed by atoms with Gasteiger partial charge in [0.15, 0.2) is 0 Å². The van der Waals surface area contributed by atoms with Crippen LogP contribution in [-0.2, 0) is 4.79 Å². The molecule has 21 heavy (non-hydrogen) atoms. The maximum atomic E-state index is 11.9. The number of carbonyl (C=O) groups is 1. The molecule has 1 saturated heterocycles. The van der Waals surface area contributed by atoms with Crippen molar-refractivity contribution >= 4 is 23.6 Å². The third-order valence-corrected chi connectivity index (χ3v) is 4.15. The average Bonchev–Trinajstić information content (AvgIpc) is 2.48. The van der Waals surface area contributed by atoms with E-state index in [2.05, 4.69) is 12.2 Å². The number of halogens is 1. The van der Waals surface area contributed by atoms with Crippen LogP contribution in [0.1, 0.15) is 31.7 Å². The van der Waals surface area contributed by atoms with Crippen molar-refractivity contribution in [3.8, 4) is 0 Å². The number of nitrogens with one attached hydrogen (secondary N) is 2. The molecule has 0 bridgehead atoms. The minimum Gasteiger partial charge on any atom is -0.349 e. The highest BCUT2D eigenvalue weighted by molar-refractivity contribution is 6.30. The van der Waals surface area contributed by atoms with Gasteiger partial charge >= 0.3 is 0 Å². The molecule has 1 amide bonds. The zero-order valence-corrected chi connectivity index (χ0v) is 13.3. The normalized spacial score (nSPS) is 22.4. The van der Waals surface area contributed by atoms with Gasteiger partial charge in [-0.2, -0.15) is 0 Å². The molecule has 0 aromatic heterocycles. The van der Waals surface area contributed by atoms with Gasteiger partial charge in [0.05, 0.1) is 19.6 Å². The predicted octanol–water partition coefficient (Wildman–Crippen LogP) is 1.93. The predicted molar refractivity (Wildman–Crippen MR) is 87.5 cm³/mol. The van der Waals surface area contributed by atoms with E-state index in [0.717, 1.165) is 31.5 Å². The summed E-state index contributed by atoms with van der Waals surface area (Å²) in [5.74, 6) is -0.0149. The number of rotatable bonds is 5. The van der Waals surface area contributed by atoms with Crippen molar-refractivity contribution in [2.75, 3.05) is 19.6 Å². The third kappa shape index (κ3) is 5.52. The number of amides is 1. The Bertz CT molecular complexity index is 493. The number of benzene rings is 1. The second-order valence-corrected chi connectivity index (χ2v) is 6.11. The van der Waals surface area contributed by atoms with E-state index >= 15 is 0 Å². The molecule has 0 saturated carbocycles. The zero-order valence-electron chi connectivity index (χ0n) is 12.6. The van der Waals surface area contributed by atoms with E-state index in [1.807, 2.05) is 24.3 Å². The van der Waals surface area contributed by atoms with Gasteiger partial charge in [0, 0.05) is 30.0 Å². The summed E-state index contributed by atoms with van der Waals surface area (Å²) in [5.41, 5.74) is 0.944. The van der Waals surface area contributed by atoms with E-state index in [9.17, 15) is 4.79 Å². The Morgan fingerprint density at radius 3 is 2.86 bits per heavy atom. The first kappa shape index (κ1) is 16.1. The molecule has 114 valence electrons. The van der Waals surface area contributed by atoms with Crippen LogP contribution in [0.15, 0.2) is 30.3 Å². The molecular formula is C17H24ClN2O+. The summed E-state index contributed by atoms with van der Waals surface area (Å²) in [6.45, 7) is 5.80. The van der Waals surface area contributed by atoms with Gasteiger partial charge in [-0.05, 0) is 30.2 Å². The molecule has 4 heteroatoms. The van der Waals surface area contributed by atoms with Crippen molar-refractivity contribution < 1.29 is 9.69 Å². The largest absolute Gasteiger partial charge is 0.349 e. The Morgan fingerprint density at radius 1 is 1.43 bits per heavy atom. The maximum Gasteiger partial charge on any atom is 0.244 e. The third-order valence-electron chi connectivity index (χ3n) is 3.92. The molecule has 0 aliphatic carbocycles. The van der Waals surface area contributed by atoms with E-state index < -0.39 is 0 Å². The Hall–Kier alpha value is -1.32. The van der Waals surface area contributed by atoms with Gasteiger partial charge in [-0.3, -0.25) is 4.79 Å². The molecule has 0 atom stereocenters. The molecule has 1 aliphatic heterocycles. The molecule has 1 aromatic rings. The summed E-state index contributed by atoms with van der Waals surface area (Å²) in [6.07, 6.45) is 6.78. The number of quaternary nitrogens is 1. The summed E-state index contributed by atoms with van der Waals surface area (Å²) in [6, 6.07) is 7.81. The van der Waals surface area contributed by atoms with Crippen molar-refractivity contribution in [1.29, 1.82) is 0 Å². The van der Waals surface area contributed by atoms with Crippen LogP contribution in [0.2, 0.25) is 5.02 Å². The lowest BCUT2D eigenvalue weighted by Crippen LogP contribution is -3.13. The summed E-state index contributed by atoms with van der Waals surface area (Å²) in [7, 11) is 0. The van der Waals surface area contributed by atoms with Gasteiger partial charge in [-0.15, -0.1) is 0 Å². The maximum absolute atomic E-state index is 11.9. The van der Waals surface area contributed by atoms with E-state index in [4.69, 9.17) is 11.6 Å². The second kappa shape index (κ2) is 8.20. The van der Waals surface area contributed by atoms with Crippen molar-refractivity contribution in [2.45, 2.75) is 32.2 Å². The molecule has 0 radical (unpaired) electrons.